The summed E-state index contributed by atoms with van der Waals surface area (Å²) in [4.78, 5) is 3.74. The number of rotatable bonds is 2. The lowest BCUT2D eigenvalue weighted by Gasteiger charge is -2.08. The Labute approximate surface area is 86.7 Å². The van der Waals surface area contributed by atoms with Crippen molar-refractivity contribution in [2.24, 2.45) is 10.1 Å². The highest BCUT2D eigenvalue weighted by atomic mass is 16.7. The second kappa shape index (κ2) is 4.70. The average molecular weight is 206 g/mol. The van der Waals surface area contributed by atoms with E-state index in [-0.39, 0.29) is 6.29 Å². The van der Waals surface area contributed by atoms with E-state index < -0.39 is 0 Å². The second-order valence-corrected chi connectivity index (χ2v) is 2.98. The molecule has 5 nitrogen and oxygen atoms in total. The largest absolute Gasteiger partial charge is 0.403 e. The van der Waals surface area contributed by atoms with Crippen molar-refractivity contribution in [3.05, 3.63) is 29.8 Å². The molecule has 15 heavy (non-hydrogen) atoms. The van der Waals surface area contributed by atoms with Crippen LogP contribution in [-0.2, 0) is 9.47 Å². The van der Waals surface area contributed by atoms with Crippen molar-refractivity contribution >= 4 is 11.7 Å². The lowest BCUT2D eigenvalue weighted by molar-refractivity contribution is -0.0441. The summed E-state index contributed by atoms with van der Waals surface area (Å²) in [5, 5.41) is 10.8. The van der Waals surface area contributed by atoms with Crippen molar-refractivity contribution in [2.75, 3.05) is 13.2 Å². The predicted molar refractivity (Wildman–Crippen MR) is 52.4 cm³/mol. The Morgan fingerprint density at radius 1 is 1.20 bits per heavy atom. The fraction of sp³-hybridized carbons (Fsp3) is 0.300. The molecule has 1 aromatic rings. The van der Waals surface area contributed by atoms with Crippen LogP contribution >= 0.6 is 0 Å². The molecule has 0 bridgehead atoms. The minimum absolute atomic E-state index is 0.269. The van der Waals surface area contributed by atoms with Gasteiger partial charge in [-0.1, -0.05) is 12.1 Å². The third kappa shape index (κ3) is 2.41. The maximum absolute atomic E-state index is 8.13. The molecule has 0 unspecified atom stereocenters. The maximum Gasteiger partial charge on any atom is 0.184 e. The summed E-state index contributed by atoms with van der Waals surface area (Å²) in [6, 6.07) is 9.36. The van der Waals surface area contributed by atoms with Crippen molar-refractivity contribution in [1.29, 1.82) is 0 Å². The van der Waals surface area contributed by atoms with Gasteiger partial charge in [-0.2, -0.15) is 4.99 Å². The number of aliphatic imine (C=N–C) groups is 1. The zero-order valence-corrected chi connectivity index (χ0v) is 7.96. The van der Waals surface area contributed by atoms with Crippen LogP contribution in [0.15, 0.2) is 34.4 Å². The van der Waals surface area contributed by atoms with E-state index in [1.807, 2.05) is 12.1 Å². The van der Waals surface area contributed by atoms with Crippen LogP contribution in [0.3, 0.4) is 0 Å². The summed E-state index contributed by atoms with van der Waals surface area (Å²) in [7, 11) is 0. The molecule has 0 atom stereocenters. The van der Waals surface area contributed by atoms with E-state index in [2.05, 4.69) is 16.2 Å². The third-order valence-electron chi connectivity index (χ3n) is 2.01. The number of nitrogens with zero attached hydrogens (tertiary/aromatic N) is 2. The van der Waals surface area contributed by atoms with Gasteiger partial charge in [-0.25, -0.2) is 0 Å². The number of ether oxygens (including phenoxy) is 2. The topological polar surface area (TPSA) is 63.4 Å². The maximum atomic E-state index is 8.13. The number of hydrogen-bond donors (Lipinski definition) is 1. The monoisotopic (exact) mass is 206 g/mol. The fourth-order valence-corrected chi connectivity index (χ4v) is 1.34. The highest BCUT2D eigenvalue weighted by molar-refractivity contribution is 5.52. The van der Waals surface area contributed by atoms with Gasteiger partial charge in [0.2, 0.25) is 0 Å². The van der Waals surface area contributed by atoms with Crippen LogP contribution in [-0.4, -0.2) is 24.4 Å². The standard InChI is InChI=1S/C10H10N2O3/c13-12-7-11-9-3-1-8(2-4-9)10-14-5-6-15-10/h1-4,10,13H,5-6H2. The summed E-state index contributed by atoms with van der Waals surface area (Å²) >= 11 is 0. The molecule has 78 valence electrons. The van der Waals surface area contributed by atoms with Crippen LogP contribution in [0, 0.1) is 0 Å². The fourth-order valence-electron chi connectivity index (χ4n) is 1.34. The van der Waals surface area contributed by atoms with Crippen LogP contribution in [0.2, 0.25) is 0 Å². The van der Waals surface area contributed by atoms with Crippen LogP contribution in [0.25, 0.3) is 0 Å². The first kappa shape index (κ1) is 9.86. The van der Waals surface area contributed by atoms with E-state index in [0.29, 0.717) is 18.9 Å². The number of benzene rings is 1. The van der Waals surface area contributed by atoms with Gasteiger partial charge in [0.05, 0.1) is 18.9 Å². The van der Waals surface area contributed by atoms with Gasteiger partial charge in [0.15, 0.2) is 6.29 Å². The highest BCUT2D eigenvalue weighted by Gasteiger charge is 2.17. The van der Waals surface area contributed by atoms with Gasteiger partial charge >= 0.3 is 0 Å². The van der Waals surface area contributed by atoms with Gasteiger partial charge in [0.25, 0.3) is 0 Å². The van der Waals surface area contributed by atoms with Gasteiger partial charge in [-0.05, 0) is 17.3 Å². The summed E-state index contributed by atoms with van der Waals surface area (Å²) in [6.07, 6.45) is -0.269. The van der Waals surface area contributed by atoms with Crippen LogP contribution in [0.4, 0.5) is 5.69 Å². The van der Waals surface area contributed by atoms with E-state index in [0.717, 1.165) is 5.56 Å². The van der Waals surface area contributed by atoms with Gasteiger partial charge < -0.3 is 14.7 Å². The van der Waals surface area contributed by atoms with Gasteiger partial charge in [0.1, 0.15) is 6.01 Å². The summed E-state index contributed by atoms with van der Waals surface area (Å²) < 4.78 is 10.7. The molecule has 1 aromatic carbocycles. The third-order valence-corrected chi connectivity index (χ3v) is 2.01. The van der Waals surface area contributed by atoms with E-state index >= 15 is 0 Å². The molecular formula is C10H10N2O3. The quantitative estimate of drug-likeness (QED) is 0.456. The lowest BCUT2D eigenvalue weighted by atomic mass is 10.2. The first-order valence-corrected chi connectivity index (χ1v) is 4.53. The Morgan fingerprint density at radius 2 is 1.87 bits per heavy atom. The summed E-state index contributed by atoms with van der Waals surface area (Å²) in [6.45, 7) is 1.25. The van der Waals surface area contributed by atoms with Crippen molar-refractivity contribution in [2.45, 2.75) is 6.29 Å². The molecule has 0 aromatic heterocycles. The van der Waals surface area contributed by atoms with Gasteiger partial charge in [0, 0.05) is 5.56 Å². The average Bonchev–Trinajstić information content (AvgIpc) is 2.80. The lowest BCUT2D eigenvalue weighted by Crippen LogP contribution is -1.96. The zero-order valence-electron chi connectivity index (χ0n) is 7.96. The van der Waals surface area contributed by atoms with E-state index in [1.165, 1.54) is 0 Å². The molecule has 0 radical (unpaired) electrons. The van der Waals surface area contributed by atoms with Gasteiger partial charge in [-0.15, -0.1) is 0 Å². The molecule has 0 amide bonds. The Kier molecular flexibility index (Phi) is 3.09. The molecule has 0 spiro atoms. The van der Waals surface area contributed by atoms with Gasteiger partial charge in [-0.3, -0.25) is 0 Å². The first-order chi connectivity index (χ1) is 7.40. The molecule has 1 saturated heterocycles. The molecule has 0 saturated carbocycles. The Balaban J connectivity index is 2.12. The van der Waals surface area contributed by atoms with Crippen LogP contribution in [0.1, 0.15) is 11.9 Å². The van der Waals surface area contributed by atoms with Crippen LogP contribution in [0.5, 0.6) is 0 Å². The molecule has 1 N–H and O–H groups in total. The van der Waals surface area contributed by atoms with Crippen molar-refractivity contribution < 1.29 is 14.7 Å². The van der Waals surface area contributed by atoms with Crippen molar-refractivity contribution in [3.63, 3.8) is 0 Å². The SMILES string of the molecule is ON=C=Nc1ccc(C2OCCO2)cc1. The van der Waals surface area contributed by atoms with E-state index in [9.17, 15) is 0 Å². The smallest absolute Gasteiger partial charge is 0.184 e. The van der Waals surface area contributed by atoms with Crippen molar-refractivity contribution in [3.8, 4) is 0 Å². The normalized spacial score (nSPS) is 16.0. The van der Waals surface area contributed by atoms with Crippen molar-refractivity contribution in [1.82, 2.24) is 0 Å². The molecule has 1 aliphatic heterocycles. The van der Waals surface area contributed by atoms with Crippen LogP contribution < -0.4 is 0 Å². The molecule has 5 heteroatoms. The Hall–Kier alpha value is -1.68. The molecule has 1 heterocycles. The summed E-state index contributed by atoms with van der Waals surface area (Å²) in [5.74, 6) is 0. The van der Waals surface area contributed by atoms with E-state index in [1.54, 1.807) is 12.1 Å². The molecule has 2 rings (SSSR count). The summed E-state index contributed by atoms with van der Waals surface area (Å²) in [5.41, 5.74) is 1.61. The minimum Gasteiger partial charge on any atom is -0.403 e. The highest BCUT2D eigenvalue weighted by Crippen LogP contribution is 2.24. The molecule has 0 aliphatic carbocycles. The zero-order chi connectivity index (χ0) is 10.5. The molecule has 1 aliphatic rings. The molecular weight excluding hydrogens is 196 g/mol. The Bertz CT molecular complexity index is 376. The number of hydrogen-bond acceptors (Lipinski definition) is 5. The van der Waals surface area contributed by atoms with E-state index in [4.69, 9.17) is 14.7 Å². The minimum atomic E-state index is -0.269. The second-order valence-electron chi connectivity index (χ2n) is 2.98. The predicted octanol–water partition coefficient (Wildman–Crippen LogP) is 1.93. The molecule has 1 fully saturated rings. The Morgan fingerprint density at radius 3 is 2.47 bits per heavy atom. The first-order valence-electron chi connectivity index (χ1n) is 4.53.